The number of rotatable bonds is 6. The maximum Gasteiger partial charge on any atom is 0.301 e. The molecule has 1 amide bonds. The molecule has 1 saturated heterocycles. The number of amides is 1. The van der Waals surface area contributed by atoms with Crippen LogP contribution < -0.4 is 14.4 Å². The number of hydrogen-bond donors (Lipinski definition) is 1. The smallest absolute Gasteiger partial charge is 0.301 e. The van der Waals surface area contributed by atoms with Gasteiger partial charge in [0.05, 0.1) is 35.5 Å². The Hall–Kier alpha value is -4.17. The standard InChI is InChI=1S/C28H24N2O5S/c1-4-35-20-7-5-6-18(15-20)25(31)23-24(17-9-11-19(34-3)12-10-17)30(27(33)26(23)32)28-29-21-13-8-16(2)14-22(21)36-28/h5-15,24,31H,4H2,1-3H3. The van der Waals surface area contributed by atoms with E-state index in [4.69, 9.17) is 9.47 Å². The number of thiazole rings is 1. The highest BCUT2D eigenvalue weighted by Gasteiger charge is 2.48. The van der Waals surface area contributed by atoms with Gasteiger partial charge in [-0.15, -0.1) is 0 Å². The third-order valence-corrected chi connectivity index (χ3v) is 7.05. The molecular formula is C28H24N2O5S. The number of aromatic nitrogens is 1. The van der Waals surface area contributed by atoms with Gasteiger partial charge in [-0.25, -0.2) is 4.98 Å². The lowest BCUT2D eigenvalue weighted by Gasteiger charge is -2.23. The van der Waals surface area contributed by atoms with E-state index >= 15 is 0 Å². The van der Waals surface area contributed by atoms with Crippen LogP contribution in [0.5, 0.6) is 11.5 Å². The van der Waals surface area contributed by atoms with E-state index in [1.54, 1.807) is 55.6 Å². The van der Waals surface area contributed by atoms with Crippen molar-refractivity contribution in [3.05, 3.63) is 89.0 Å². The predicted molar refractivity (Wildman–Crippen MR) is 140 cm³/mol. The molecule has 2 heterocycles. The number of hydrogen-bond acceptors (Lipinski definition) is 7. The van der Waals surface area contributed by atoms with Crippen LogP contribution in [-0.2, 0) is 9.59 Å². The first kappa shape index (κ1) is 23.6. The van der Waals surface area contributed by atoms with Crippen molar-refractivity contribution in [3.63, 3.8) is 0 Å². The number of methoxy groups -OCH3 is 1. The molecule has 1 aliphatic rings. The molecule has 0 bridgehead atoms. The van der Waals surface area contributed by atoms with E-state index in [9.17, 15) is 14.7 Å². The summed E-state index contributed by atoms with van der Waals surface area (Å²) in [5.74, 6) is -0.594. The molecule has 3 aromatic carbocycles. The van der Waals surface area contributed by atoms with E-state index in [0.29, 0.717) is 34.4 Å². The highest BCUT2D eigenvalue weighted by molar-refractivity contribution is 7.22. The summed E-state index contributed by atoms with van der Waals surface area (Å²) >= 11 is 1.33. The molecule has 0 saturated carbocycles. The first-order valence-electron chi connectivity index (χ1n) is 11.5. The van der Waals surface area contributed by atoms with Gasteiger partial charge in [0.1, 0.15) is 17.3 Å². The fourth-order valence-corrected chi connectivity index (χ4v) is 5.40. The van der Waals surface area contributed by atoms with Gasteiger partial charge >= 0.3 is 5.91 Å². The molecule has 36 heavy (non-hydrogen) atoms. The van der Waals surface area contributed by atoms with Crippen molar-refractivity contribution in [1.29, 1.82) is 0 Å². The van der Waals surface area contributed by atoms with Crippen LogP contribution in [0.15, 0.2) is 72.3 Å². The molecule has 8 heteroatoms. The maximum absolute atomic E-state index is 13.4. The van der Waals surface area contributed by atoms with E-state index in [-0.39, 0.29) is 11.3 Å². The minimum atomic E-state index is -0.867. The number of aryl methyl sites for hydroxylation is 1. The number of nitrogens with zero attached hydrogens (tertiary/aromatic N) is 2. The van der Waals surface area contributed by atoms with Crippen molar-refractivity contribution in [2.24, 2.45) is 0 Å². The summed E-state index contributed by atoms with van der Waals surface area (Å²) in [6, 6.07) is 18.9. The number of carbonyl (C=O) groups is 2. The summed E-state index contributed by atoms with van der Waals surface area (Å²) in [6.07, 6.45) is 0. The number of benzene rings is 3. The molecule has 0 radical (unpaired) electrons. The topological polar surface area (TPSA) is 89.0 Å². The van der Waals surface area contributed by atoms with Gasteiger partial charge in [-0.05, 0) is 61.4 Å². The lowest BCUT2D eigenvalue weighted by molar-refractivity contribution is -0.132. The molecule has 4 aromatic rings. The SMILES string of the molecule is CCOc1cccc(C(O)=C2C(=O)C(=O)N(c3nc4ccc(C)cc4s3)C2c2ccc(OC)cc2)c1. The molecule has 0 spiro atoms. The molecule has 1 fully saturated rings. The summed E-state index contributed by atoms with van der Waals surface area (Å²) in [5.41, 5.74) is 2.83. The van der Waals surface area contributed by atoms with Crippen LogP contribution >= 0.6 is 11.3 Å². The fraction of sp³-hybridized carbons (Fsp3) is 0.179. The largest absolute Gasteiger partial charge is 0.507 e. The Labute approximate surface area is 212 Å². The molecule has 1 atom stereocenters. The van der Waals surface area contributed by atoms with Crippen LogP contribution in [0.1, 0.15) is 29.7 Å². The van der Waals surface area contributed by atoms with E-state index in [0.717, 1.165) is 15.8 Å². The fourth-order valence-electron chi connectivity index (χ4n) is 4.31. The van der Waals surface area contributed by atoms with Gasteiger partial charge in [0, 0.05) is 5.56 Å². The van der Waals surface area contributed by atoms with Gasteiger partial charge in [0.2, 0.25) is 0 Å². The number of aliphatic hydroxyl groups is 1. The highest BCUT2D eigenvalue weighted by Crippen LogP contribution is 2.44. The second-order valence-corrected chi connectivity index (χ2v) is 9.38. The van der Waals surface area contributed by atoms with Gasteiger partial charge in [-0.2, -0.15) is 0 Å². The molecule has 7 nitrogen and oxygen atoms in total. The Balaban J connectivity index is 1.70. The number of ether oxygens (including phenoxy) is 2. The quantitative estimate of drug-likeness (QED) is 0.209. The monoisotopic (exact) mass is 500 g/mol. The zero-order chi connectivity index (χ0) is 25.4. The summed E-state index contributed by atoms with van der Waals surface area (Å²) in [6.45, 7) is 4.30. The number of aliphatic hydroxyl groups excluding tert-OH is 1. The van der Waals surface area contributed by atoms with Crippen LogP contribution in [-0.4, -0.2) is 35.5 Å². The van der Waals surface area contributed by atoms with Gasteiger partial charge in [-0.1, -0.05) is 41.7 Å². The highest BCUT2D eigenvalue weighted by atomic mass is 32.1. The average Bonchev–Trinajstić information content (AvgIpc) is 3.41. The molecule has 1 aliphatic heterocycles. The van der Waals surface area contributed by atoms with Gasteiger partial charge < -0.3 is 14.6 Å². The van der Waals surface area contributed by atoms with E-state index in [1.807, 2.05) is 32.0 Å². The van der Waals surface area contributed by atoms with Gasteiger partial charge in [-0.3, -0.25) is 14.5 Å². The predicted octanol–water partition coefficient (Wildman–Crippen LogP) is 5.64. The second kappa shape index (κ2) is 9.47. The zero-order valence-corrected chi connectivity index (χ0v) is 20.8. The summed E-state index contributed by atoms with van der Waals surface area (Å²) in [7, 11) is 1.57. The Bertz CT molecular complexity index is 1510. The first-order valence-corrected chi connectivity index (χ1v) is 12.3. The van der Waals surface area contributed by atoms with Crippen molar-refractivity contribution < 1.29 is 24.2 Å². The lowest BCUT2D eigenvalue weighted by atomic mass is 9.95. The number of Topliss-reactive ketones (excluding diaryl/α,β-unsaturated/α-hetero) is 1. The van der Waals surface area contributed by atoms with Crippen LogP contribution in [0.3, 0.4) is 0 Å². The third-order valence-electron chi connectivity index (χ3n) is 6.03. The molecule has 5 rings (SSSR count). The molecule has 0 aliphatic carbocycles. The molecule has 1 unspecified atom stereocenters. The lowest BCUT2D eigenvalue weighted by Crippen LogP contribution is -2.29. The van der Waals surface area contributed by atoms with Crippen molar-refractivity contribution in [2.45, 2.75) is 19.9 Å². The van der Waals surface area contributed by atoms with Gasteiger partial charge in [0.25, 0.3) is 5.78 Å². The zero-order valence-electron chi connectivity index (χ0n) is 20.0. The van der Waals surface area contributed by atoms with Gasteiger partial charge in [0.15, 0.2) is 5.13 Å². The number of carbonyl (C=O) groups excluding carboxylic acids is 2. The van der Waals surface area contributed by atoms with E-state index in [2.05, 4.69) is 4.98 Å². The Kier molecular flexibility index (Phi) is 6.20. The van der Waals surface area contributed by atoms with Crippen LogP contribution in [0.25, 0.3) is 16.0 Å². The molecule has 1 aromatic heterocycles. The van der Waals surface area contributed by atoms with Crippen molar-refractivity contribution in [2.75, 3.05) is 18.6 Å². The minimum Gasteiger partial charge on any atom is -0.507 e. The Morgan fingerprint density at radius 3 is 2.56 bits per heavy atom. The molecule has 182 valence electrons. The van der Waals surface area contributed by atoms with Crippen molar-refractivity contribution >= 4 is 44.1 Å². The normalized spacial score (nSPS) is 17.1. The number of ketones is 1. The maximum atomic E-state index is 13.4. The Morgan fingerprint density at radius 1 is 1.06 bits per heavy atom. The van der Waals surface area contributed by atoms with Crippen LogP contribution in [0.2, 0.25) is 0 Å². The molecular weight excluding hydrogens is 476 g/mol. The summed E-state index contributed by atoms with van der Waals surface area (Å²) < 4.78 is 11.8. The van der Waals surface area contributed by atoms with Crippen molar-refractivity contribution in [3.8, 4) is 11.5 Å². The summed E-state index contributed by atoms with van der Waals surface area (Å²) in [5, 5.41) is 11.7. The summed E-state index contributed by atoms with van der Waals surface area (Å²) in [4.78, 5) is 32.9. The minimum absolute atomic E-state index is 0.00532. The Morgan fingerprint density at radius 2 is 1.83 bits per heavy atom. The van der Waals surface area contributed by atoms with E-state index in [1.165, 1.54) is 16.2 Å². The van der Waals surface area contributed by atoms with Crippen LogP contribution in [0, 0.1) is 6.92 Å². The molecule has 1 N–H and O–H groups in total. The third kappa shape index (κ3) is 4.09. The van der Waals surface area contributed by atoms with Crippen LogP contribution in [0.4, 0.5) is 5.13 Å². The first-order chi connectivity index (χ1) is 17.4. The second-order valence-electron chi connectivity index (χ2n) is 8.37. The average molecular weight is 501 g/mol. The number of fused-ring (bicyclic) bond motifs is 1. The number of anilines is 1. The van der Waals surface area contributed by atoms with Crippen molar-refractivity contribution in [1.82, 2.24) is 4.98 Å². The van der Waals surface area contributed by atoms with E-state index < -0.39 is 17.7 Å².